The first-order valence-electron chi connectivity index (χ1n) is 11.9. The zero-order chi connectivity index (χ0) is 24.2. The molecule has 0 spiro atoms. The molecule has 0 radical (unpaired) electrons. The van der Waals surface area contributed by atoms with Gasteiger partial charge in [-0.15, -0.1) is 0 Å². The molecule has 2 fully saturated rings. The molecule has 2 aromatic rings. The number of benzene rings is 1. The molecule has 34 heavy (non-hydrogen) atoms. The summed E-state index contributed by atoms with van der Waals surface area (Å²) >= 11 is 5.96. The standard InChI is InChI=1S/C25H32ClN5O3/c1-4-20-16-30(23-17(2)28-22(15-27-23)25(33)34-3)13-14-31(20)21-9-11-29(12-10-21)24(32)18-5-7-19(26)8-6-18/h5-8,15,20-21H,4,9-14,16H2,1-3H3/t20-/m0/s1. The van der Waals surface area contributed by atoms with Crippen LogP contribution in [-0.2, 0) is 4.74 Å². The quantitative estimate of drug-likeness (QED) is 0.600. The van der Waals surface area contributed by atoms with E-state index in [0.29, 0.717) is 22.7 Å². The number of amides is 1. The van der Waals surface area contributed by atoms with Crippen LogP contribution < -0.4 is 4.90 Å². The summed E-state index contributed by atoms with van der Waals surface area (Å²) in [4.78, 5) is 40.4. The van der Waals surface area contributed by atoms with Crippen LogP contribution in [-0.4, -0.2) is 83.6 Å². The molecule has 9 heteroatoms. The number of carbonyl (C=O) groups is 2. The number of anilines is 1. The number of hydrogen-bond donors (Lipinski definition) is 0. The summed E-state index contributed by atoms with van der Waals surface area (Å²) in [6.45, 7) is 8.30. The van der Waals surface area contributed by atoms with E-state index >= 15 is 0 Å². The average molecular weight is 486 g/mol. The first-order valence-corrected chi connectivity index (χ1v) is 12.3. The molecule has 0 aliphatic carbocycles. The Morgan fingerprint density at radius 2 is 1.82 bits per heavy atom. The summed E-state index contributed by atoms with van der Waals surface area (Å²) in [6, 6.07) is 8.00. The monoisotopic (exact) mass is 485 g/mol. The van der Waals surface area contributed by atoms with Crippen LogP contribution >= 0.6 is 11.6 Å². The number of piperazine rings is 1. The molecule has 182 valence electrons. The minimum absolute atomic E-state index is 0.0800. The molecular weight excluding hydrogens is 454 g/mol. The third kappa shape index (κ3) is 5.18. The van der Waals surface area contributed by atoms with Crippen LogP contribution in [0.5, 0.6) is 0 Å². The Hall–Kier alpha value is -2.71. The summed E-state index contributed by atoms with van der Waals surface area (Å²) < 4.78 is 4.75. The lowest BCUT2D eigenvalue weighted by Crippen LogP contribution is -2.59. The number of aromatic nitrogens is 2. The van der Waals surface area contributed by atoms with Crippen molar-refractivity contribution in [3.05, 3.63) is 52.4 Å². The minimum atomic E-state index is -0.473. The highest BCUT2D eigenvalue weighted by atomic mass is 35.5. The van der Waals surface area contributed by atoms with E-state index < -0.39 is 5.97 Å². The molecule has 4 rings (SSSR count). The molecule has 0 saturated carbocycles. The highest BCUT2D eigenvalue weighted by Gasteiger charge is 2.35. The smallest absolute Gasteiger partial charge is 0.358 e. The molecule has 1 atom stereocenters. The Balaban J connectivity index is 1.36. The zero-order valence-electron chi connectivity index (χ0n) is 20.0. The van der Waals surface area contributed by atoms with Crippen molar-refractivity contribution in [1.29, 1.82) is 0 Å². The summed E-state index contributed by atoms with van der Waals surface area (Å²) in [6.07, 6.45) is 4.48. The normalized spacial score (nSPS) is 19.8. The molecule has 0 bridgehead atoms. The Labute approximate surface area is 205 Å². The number of methoxy groups -OCH3 is 1. The van der Waals surface area contributed by atoms with Gasteiger partial charge in [0.2, 0.25) is 0 Å². The average Bonchev–Trinajstić information content (AvgIpc) is 2.88. The van der Waals surface area contributed by atoms with E-state index in [4.69, 9.17) is 16.3 Å². The van der Waals surface area contributed by atoms with Crippen LogP contribution in [0.2, 0.25) is 5.02 Å². The number of rotatable bonds is 5. The number of likely N-dealkylation sites (tertiary alicyclic amines) is 1. The molecule has 1 amide bonds. The Morgan fingerprint density at radius 1 is 1.12 bits per heavy atom. The number of piperidine rings is 1. The van der Waals surface area contributed by atoms with Gasteiger partial charge >= 0.3 is 5.97 Å². The van der Waals surface area contributed by atoms with Crippen molar-refractivity contribution in [1.82, 2.24) is 19.8 Å². The van der Waals surface area contributed by atoms with E-state index in [9.17, 15) is 9.59 Å². The predicted octanol–water partition coefficient (Wildman–Crippen LogP) is 3.43. The fraction of sp³-hybridized carbons (Fsp3) is 0.520. The number of esters is 1. The fourth-order valence-electron chi connectivity index (χ4n) is 5.07. The number of aryl methyl sites for hydroxylation is 1. The fourth-order valence-corrected chi connectivity index (χ4v) is 5.20. The van der Waals surface area contributed by atoms with Crippen molar-refractivity contribution in [2.24, 2.45) is 0 Å². The molecule has 1 aromatic heterocycles. The first-order chi connectivity index (χ1) is 16.4. The topological polar surface area (TPSA) is 78.9 Å². The second-order valence-corrected chi connectivity index (χ2v) is 9.37. The van der Waals surface area contributed by atoms with Gasteiger partial charge in [-0.3, -0.25) is 9.69 Å². The van der Waals surface area contributed by atoms with Crippen molar-refractivity contribution in [3.8, 4) is 0 Å². The van der Waals surface area contributed by atoms with Gasteiger partial charge in [0, 0.05) is 55.4 Å². The minimum Gasteiger partial charge on any atom is -0.464 e. The van der Waals surface area contributed by atoms with Gasteiger partial charge in [-0.25, -0.2) is 14.8 Å². The number of hydrogen-bond acceptors (Lipinski definition) is 7. The van der Waals surface area contributed by atoms with Gasteiger partial charge in [0.05, 0.1) is 19.0 Å². The third-order valence-corrected chi connectivity index (χ3v) is 7.18. The largest absolute Gasteiger partial charge is 0.464 e. The molecule has 0 unspecified atom stereocenters. The Kier molecular flexibility index (Phi) is 7.68. The molecule has 0 N–H and O–H groups in total. The summed E-state index contributed by atoms with van der Waals surface area (Å²) in [7, 11) is 1.34. The van der Waals surface area contributed by atoms with Gasteiger partial charge < -0.3 is 14.5 Å². The first kappa shape index (κ1) is 24.4. The van der Waals surface area contributed by atoms with Crippen molar-refractivity contribution < 1.29 is 14.3 Å². The van der Waals surface area contributed by atoms with E-state index in [2.05, 4.69) is 26.7 Å². The van der Waals surface area contributed by atoms with Gasteiger partial charge in [-0.2, -0.15) is 0 Å². The summed E-state index contributed by atoms with van der Waals surface area (Å²) in [5, 5.41) is 0.639. The van der Waals surface area contributed by atoms with E-state index in [1.807, 2.05) is 11.8 Å². The lowest BCUT2D eigenvalue weighted by Gasteiger charge is -2.47. The molecule has 1 aromatic carbocycles. The lowest BCUT2D eigenvalue weighted by molar-refractivity contribution is 0.0489. The van der Waals surface area contributed by atoms with E-state index in [1.165, 1.54) is 13.3 Å². The van der Waals surface area contributed by atoms with Crippen molar-refractivity contribution in [2.45, 2.75) is 45.2 Å². The second kappa shape index (κ2) is 10.7. The van der Waals surface area contributed by atoms with Crippen molar-refractivity contribution >= 4 is 29.3 Å². The molecule has 3 heterocycles. The summed E-state index contributed by atoms with van der Waals surface area (Å²) in [5.41, 5.74) is 1.66. The third-order valence-electron chi connectivity index (χ3n) is 6.93. The maximum Gasteiger partial charge on any atom is 0.358 e. The SMILES string of the molecule is CC[C@H]1CN(c2ncc(C(=O)OC)nc2C)CCN1C1CCN(C(=O)c2ccc(Cl)cc2)CC1. The van der Waals surface area contributed by atoms with Gasteiger partial charge in [0.15, 0.2) is 5.69 Å². The lowest BCUT2D eigenvalue weighted by atomic mass is 9.97. The molecular formula is C25H32ClN5O3. The van der Waals surface area contributed by atoms with Crippen molar-refractivity contribution in [3.63, 3.8) is 0 Å². The van der Waals surface area contributed by atoms with E-state index in [0.717, 1.165) is 63.5 Å². The number of carbonyl (C=O) groups excluding carboxylic acids is 2. The highest BCUT2D eigenvalue weighted by molar-refractivity contribution is 6.30. The van der Waals surface area contributed by atoms with Crippen LogP contribution in [0.4, 0.5) is 5.82 Å². The van der Waals surface area contributed by atoms with Crippen molar-refractivity contribution in [2.75, 3.05) is 44.7 Å². The number of nitrogens with zero attached hydrogens (tertiary/aromatic N) is 5. The van der Waals surface area contributed by atoms with Gasteiger partial charge in [-0.05, 0) is 50.5 Å². The van der Waals surface area contributed by atoms with Crippen LogP contribution in [0.25, 0.3) is 0 Å². The Bertz CT molecular complexity index is 1020. The number of halogens is 1. The summed E-state index contributed by atoms with van der Waals surface area (Å²) in [5.74, 6) is 0.435. The maximum atomic E-state index is 12.9. The molecule has 2 aliphatic heterocycles. The van der Waals surface area contributed by atoms with Crippen LogP contribution in [0, 0.1) is 6.92 Å². The predicted molar refractivity (Wildman–Crippen MR) is 131 cm³/mol. The van der Waals surface area contributed by atoms with Crippen LogP contribution in [0.15, 0.2) is 30.5 Å². The molecule has 2 saturated heterocycles. The van der Waals surface area contributed by atoms with Gasteiger partial charge in [0.1, 0.15) is 5.82 Å². The van der Waals surface area contributed by atoms with Gasteiger partial charge in [0.25, 0.3) is 5.91 Å². The maximum absolute atomic E-state index is 12.9. The Morgan fingerprint density at radius 3 is 2.44 bits per heavy atom. The highest BCUT2D eigenvalue weighted by Crippen LogP contribution is 2.27. The van der Waals surface area contributed by atoms with Gasteiger partial charge in [-0.1, -0.05) is 18.5 Å². The van der Waals surface area contributed by atoms with E-state index in [-0.39, 0.29) is 11.6 Å². The zero-order valence-corrected chi connectivity index (χ0v) is 20.8. The molecule has 2 aliphatic rings. The molecule has 8 nitrogen and oxygen atoms in total. The van der Waals surface area contributed by atoms with Crippen LogP contribution in [0.3, 0.4) is 0 Å². The number of ether oxygens (including phenoxy) is 1. The van der Waals surface area contributed by atoms with E-state index in [1.54, 1.807) is 24.3 Å². The van der Waals surface area contributed by atoms with Crippen LogP contribution in [0.1, 0.15) is 52.7 Å². The second-order valence-electron chi connectivity index (χ2n) is 8.93.